The molecule has 0 bridgehead atoms. The molecule has 0 aromatic heterocycles. The van der Waals surface area contributed by atoms with Crippen LogP contribution < -0.4 is 21.1 Å². The molecule has 200 valence electrons. The minimum Gasteiger partial charge on any atom is -0.493 e. The van der Waals surface area contributed by atoms with Crippen LogP contribution in [0.4, 0.5) is 0 Å². The molecule has 8 heteroatoms. The Bertz CT molecular complexity index is 743. The fraction of sp³-hybridized carbons (Fsp3) is 0.704. The number of rotatable bonds is 18. The Balaban J connectivity index is 2.57. The maximum absolute atomic E-state index is 12.7. The first-order valence-corrected chi connectivity index (χ1v) is 12.9. The number of benzene rings is 1. The third kappa shape index (κ3) is 12.4. The molecule has 0 radical (unpaired) electrons. The summed E-state index contributed by atoms with van der Waals surface area (Å²) in [7, 11) is 1.65. The van der Waals surface area contributed by atoms with Crippen LogP contribution >= 0.6 is 0 Å². The normalized spacial score (nSPS) is 14.7. The molecule has 0 saturated heterocycles. The number of hydrogen-bond donors (Lipinski definition) is 4. The van der Waals surface area contributed by atoms with Crippen molar-refractivity contribution in [2.45, 2.75) is 71.9 Å². The number of carbonyl (C=O) groups excluding carboxylic acids is 2. The van der Waals surface area contributed by atoms with Crippen molar-refractivity contribution >= 4 is 11.8 Å². The van der Waals surface area contributed by atoms with E-state index in [0.29, 0.717) is 50.5 Å². The van der Waals surface area contributed by atoms with Gasteiger partial charge in [-0.05, 0) is 49.3 Å². The van der Waals surface area contributed by atoms with E-state index in [1.807, 2.05) is 13.0 Å². The largest absolute Gasteiger partial charge is 0.493 e. The number of hydrogen-bond acceptors (Lipinski definition) is 6. The molecule has 8 nitrogen and oxygen atoms in total. The van der Waals surface area contributed by atoms with Crippen molar-refractivity contribution in [3.63, 3.8) is 0 Å². The Morgan fingerprint density at radius 1 is 1.09 bits per heavy atom. The SMILES string of the molecule is CCCCNC(=O)[C@H](C)C[C@H](O)[C@@H](N)C[C@H](CNC(=O)c1cccc(OCCCOC)c1)C(C)C. The zero-order valence-corrected chi connectivity index (χ0v) is 22.2. The van der Waals surface area contributed by atoms with Gasteiger partial charge >= 0.3 is 0 Å². The summed E-state index contributed by atoms with van der Waals surface area (Å²) in [5.41, 5.74) is 6.84. The van der Waals surface area contributed by atoms with Crippen LogP contribution in [0.25, 0.3) is 0 Å². The monoisotopic (exact) mass is 493 g/mol. The van der Waals surface area contributed by atoms with Crippen molar-refractivity contribution in [3.05, 3.63) is 29.8 Å². The first-order chi connectivity index (χ1) is 16.7. The van der Waals surface area contributed by atoms with Crippen molar-refractivity contribution in [1.82, 2.24) is 10.6 Å². The lowest BCUT2D eigenvalue weighted by Gasteiger charge is -2.28. The summed E-state index contributed by atoms with van der Waals surface area (Å²) in [4.78, 5) is 24.9. The quantitative estimate of drug-likeness (QED) is 0.233. The third-order valence-corrected chi connectivity index (χ3v) is 6.27. The Hall–Kier alpha value is -2.16. The number of amides is 2. The lowest BCUT2D eigenvalue weighted by Crippen LogP contribution is -2.42. The van der Waals surface area contributed by atoms with E-state index < -0.39 is 12.1 Å². The summed E-state index contributed by atoms with van der Waals surface area (Å²) in [6.07, 6.45) is 2.81. The predicted octanol–water partition coefficient (Wildman–Crippen LogP) is 3.12. The smallest absolute Gasteiger partial charge is 0.251 e. The van der Waals surface area contributed by atoms with E-state index in [1.54, 1.807) is 25.3 Å². The van der Waals surface area contributed by atoms with E-state index in [4.69, 9.17) is 15.2 Å². The average molecular weight is 494 g/mol. The molecule has 35 heavy (non-hydrogen) atoms. The van der Waals surface area contributed by atoms with Crippen LogP contribution in [0.1, 0.15) is 70.2 Å². The van der Waals surface area contributed by atoms with Crippen molar-refractivity contribution in [1.29, 1.82) is 0 Å². The average Bonchev–Trinajstić information content (AvgIpc) is 2.84. The summed E-state index contributed by atoms with van der Waals surface area (Å²) in [5.74, 6) is 0.456. The molecule has 1 rings (SSSR count). The summed E-state index contributed by atoms with van der Waals surface area (Å²) >= 11 is 0. The molecule has 4 atom stereocenters. The van der Waals surface area contributed by atoms with Gasteiger partial charge in [-0.3, -0.25) is 9.59 Å². The number of ether oxygens (including phenoxy) is 2. The molecular weight excluding hydrogens is 446 g/mol. The molecule has 1 aromatic rings. The zero-order valence-electron chi connectivity index (χ0n) is 22.2. The van der Waals surface area contributed by atoms with E-state index >= 15 is 0 Å². The van der Waals surface area contributed by atoms with Crippen LogP contribution in [0.15, 0.2) is 24.3 Å². The minimum atomic E-state index is -0.786. The minimum absolute atomic E-state index is 0.0534. The summed E-state index contributed by atoms with van der Waals surface area (Å²) < 4.78 is 10.7. The van der Waals surface area contributed by atoms with Gasteiger partial charge in [0, 0.05) is 50.8 Å². The van der Waals surface area contributed by atoms with E-state index in [1.165, 1.54) is 0 Å². The van der Waals surface area contributed by atoms with E-state index in [0.717, 1.165) is 19.3 Å². The fourth-order valence-electron chi connectivity index (χ4n) is 3.75. The molecule has 0 saturated carbocycles. The summed E-state index contributed by atoms with van der Waals surface area (Å²) in [5, 5.41) is 16.5. The molecule has 0 unspecified atom stereocenters. The number of aliphatic hydroxyl groups excluding tert-OH is 1. The Morgan fingerprint density at radius 2 is 1.83 bits per heavy atom. The molecular formula is C27H47N3O5. The standard InChI is InChI=1S/C27H47N3O5/c1-6-7-12-29-26(32)20(4)15-25(31)24(28)17-22(19(2)3)18-30-27(33)21-10-8-11-23(16-21)35-14-9-13-34-5/h8,10-11,16,19-20,22,24-25,31H,6-7,9,12-15,17-18,28H2,1-5H3,(H,29,32)(H,30,33)/t20-,22-,24+,25+/m1/s1. The van der Waals surface area contributed by atoms with Crippen LogP contribution in [-0.2, 0) is 9.53 Å². The Labute approximate surface area is 211 Å². The molecule has 0 heterocycles. The second kappa shape index (κ2) is 17.3. The van der Waals surface area contributed by atoms with Crippen molar-refractivity contribution in [2.75, 3.05) is 33.4 Å². The summed E-state index contributed by atoms with van der Waals surface area (Å²) in [6, 6.07) is 6.63. The van der Waals surface area contributed by atoms with Gasteiger partial charge in [0.15, 0.2) is 0 Å². The van der Waals surface area contributed by atoms with E-state index in [2.05, 4.69) is 31.4 Å². The van der Waals surface area contributed by atoms with Gasteiger partial charge in [0.2, 0.25) is 5.91 Å². The van der Waals surface area contributed by atoms with Gasteiger partial charge in [0.25, 0.3) is 5.91 Å². The number of methoxy groups -OCH3 is 1. The molecule has 0 fully saturated rings. The summed E-state index contributed by atoms with van der Waals surface area (Å²) in [6.45, 7) is 10.3. The highest BCUT2D eigenvalue weighted by atomic mass is 16.5. The van der Waals surface area contributed by atoms with Crippen LogP contribution in [0, 0.1) is 17.8 Å². The van der Waals surface area contributed by atoms with Crippen molar-refractivity contribution in [2.24, 2.45) is 23.5 Å². The zero-order chi connectivity index (χ0) is 26.2. The number of carbonyl (C=O) groups is 2. The molecule has 5 N–H and O–H groups in total. The maximum Gasteiger partial charge on any atom is 0.251 e. The first kappa shape index (κ1) is 30.9. The molecule has 0 spiro atoms. The third-order valence-electron chi connectivity index (χ3n) is 6.27. The van der Waals surface area contributed by atoms with E-state index in [-0.39, 0.29) is 29.6 Å². The van der Waals surface area contributed by atoms with Crippen LogP contribution in [-0.4, -0.2) is 62.5 Å². The molecule has 0 aliphatic heterocycles. The van der Waals surface area contributed by atoms with Gasteiger partial charge in [0.05, 0.1) is 12.7 Å². The maximum atomic E-state index is 12.7. The topological polar surface area (TPSA) is 123 Å². The highest BCUT2D eigenvalue weighted by Gasteiger charge is 2.26. The highest BCUT2D eigenvalue weighted by molar-refractivity contribution is 5.94. The molecule has 1 aromatic carbocycles. The number of nitrogens with two attached hydrogens (primary N) is 1. The second-order valence-electron chi connectivity index (χ2n) is 9.69. The fourth-order valence-corrected chi connectivity index (χ4v) is 3.75. The molecule has 0 aliphatic rings. The lowest BCUT2D eigenvalue weighted by molar-refractivity contribution is -0.125. The lowest BCUT2D eigenvalue weighted by atomic mass is 9.86. The van der Waals surface area contributed by atoms with Gasteiger partial charge in [0.1, 0.15) is 5.75 Å². The predicted molar refractivity (Wildman–Crippen MR) is 139 cm³/mol. The van der Waals surface area contributed by atoms with Gasteiger partial charge in [-0.1, -0.05) is 40.2 Å². The number of aliphatic hydroxyl groups is 1. The Kier molecular flexibility index (Phi) is 15.3. The van der Waals surface area contributed by atoms with Gasteiger partial charge in [-0.25, -0.2) is 0 Å². The second-order valence-corrected chi connectivity index (χ2v) is 9.69. The number of nitrogens with one attached hydrogen (secondary N) is 2. The van der Waals surface area contributed by atoms with Crippen LogP contribution in [0.2, 0.25) is 0 Å². The highest BCUT2D eigenvalue weighted by Crippen LogP contribution is 2.20. The van der Waals surface area contributed by atoms with Crippen LogP contribution in [0.3, 0.4) is 0 Å². The molecule has 2 amide bonds. The van der Waals surface area contributed by atoms with E-state index in [9.17, 15) is 14.7 Å². The van der Waals surface area contributed by atoms with Crippen molar-refractivity contribution in [3.8, 4) is 5.75 Å². The first-order valence-electron chi connectivity index (χ1n) is 12.9. The van der Waals surface area contributed by atoms with Gasteiger partial charge in [-0.2, -0.15) is 0 Å². The molecule has 0 aliphatic carbocycles. The van der Waals surface area contributed by atoms with Crippen molar-refractivity contribution < 1.29 is 24.2 Å². The van der Waals surface area contributed by atoms with Crippen LogP contribution in [0.5, 0.6) is 5.75 Å². The van der Waals surface area contributed by atoms with Gasteiger partial charge in [-0.15, -0.1) is 0 Å². The van der Waals surface area contributed by atoms with Gasteiger partial charge < -0.3 is 30.9 Å². The number of unbranched alkanes of at least 4 members (excludes halogenated alkanes) is 1. The Morgan fingerprint density at radius 3 is 2.49 bits per heavy atom.